The van der Waals surface area contributed by atoms with Crippen LogP contribution >= 0.6 is 0 Å². The lowest BCUT2D eigenvalue weighted by atomic mass is 10.1. The van der Waals surface area contributed by atoms with Gasteiger partial charge in [0.05, 0.1) is 5.52 Å². The molecule has 1 heterocycles. The van der Waals surface area contributed by atoms with Gasteiger partial charge in [-0.05, 0) is 12.1 Å². The molecule has 96 valence electrons. The smallest absolute Gasteiger partial charge is 0.159 e. The third-order valence-electron chi connectivity index (χ3n) is 2.78. The monoisotopic (exact) mass is 246 g/mol. The molecule has 0 fully saturated rings. The van der Waals surface area contributed by atoms with Crippen LogP contribution in [0.3, 0.4) is 0 Å². The highest BCUT2D eigenvalue weighted by molar-refractivity contribution is 5.82. The highest BCUT2D eigenvalue weighted by atomic mass is 16.3. The molecule has 0 spiro atoms. The number of hydrogen-bond acceptors (Lipinski definition) is 4. The van der Waals surface area contributed by atoms with Crippen molar-refractivity contribution in [2.24, 2.45) is 0 Å². The van der Waals surface area contributed by atoms with Crippen LogP contribution in [-0.2, 0) is 6.42 Å². The van der Waals surface area contributed by atoms with Crippen LogP contribution in [0.1, 0.15) is 19.5 Å². The highest BCUT2D eigenvalue weighted by Gasteiger charge is 2.04. The second-order valence-electron chi connectivity index (χ2n) is 4.70. The molecule has 0 aliphatic carbocycles. The fraction of sp³-hybridized carbons (Fsp3) is 0.357. The van der Waals surface area contributed by atoms with Crippen LogP contribution in [0.5, 0.6) is 11.5 Å². The first kappa shape index (κ1) is 12.6. The molecular weight excluding hydrogens is 228 g/mol. The summed E-state index contributed by atoms with van der Waals surface area (Å²) in [6.45, 7) is 5.09. The number of rotatable bonds is 4. The summed E-state index contributed by atoms with van der Waals surface area (Å²) >= 11 is 0. The van der Waals surface area contributed by atoms with Crippen LogP contribution in [0.2, 0.25) is 0 Å². The number of nitrogens with one attached hydrogen (secondary N) is 1. The lowest BCUT2D eigenvalue weighted by Crippen LogP contribution is -2.25. The van der Waals surface area contributed by atoms with Crippen molar-refractivity contribution in [2.45, 2.75) is 26.3 Å². The minimum Gasteiger partial charge on any atom is -0.504 e. The topological polar surface area (TPSA) is 65.4 Å². The van der Waals surface area contributed by atoms with Gasteiger partial charge in [-0.2, -0.15) is 0 Å². The van der Waals surface area contributed by atoms with Gasteiger partial charge in [0.2, 0.25) is 0 Å². The predicted molar refractivity (Wildman–Crippen MR) is 71.9 cm³/mol. The number of pyridine rings is 1. The molecular formula is C14H18N2O2. The first-order chi connectivity index (χ1) is 8.56. The molecule has 0 aliphatic heterocycles. The molecule has 0 saturated carbocycles. The summed E-state index contributed by atoms with van der Waals surface area (Å²) in [6, 6.07) is 7.33. The molecule has 2 aromatic rings. The fourth-order valence-electron chi connectivity index (χ4n) is 1.82. The van der Waals surface area contributed by atoms with Crippen LogP contribution in [0, 0.1) is 0 Å². The Bertz CT molecular complexity index is 553. The Morgan fingerprint density at radius 2 is 1.89 bits per heavy atom. The minimum atomic E-state index is -0.132. The van der Waals surface area contributed by atoms with Crippen LogP contribution in [-0.4, -0.2) is 27.8 Å². The molecule has 2 rings (SSSR count). The molecule has 1 aromatic carbocycles. The zero-order chi connectivity index (χ0) is 13.1. The summed E-state index contributed by atoms with van der Waals surface area (Å²) in [5.41, 5.74) is 1.67. The second-order valence-corrected chi connectivity index (χ2v) is 4.70. The molecule has 0 saturated heterocycles. The van der Waals surface area contributed by atoms with Crippen molar-refractivity contribution in [1.82, 2.24) is 10.3 Å². The van der Waals surface area contributed by atoms with Crippen molar-refractivity contribution in [1.29, 1.82) is 0 Å². The van der Waals surface area contributed by atoms with E-state index in [9.17, 15) is 10.2 Å². The average Bonchev–Trinajstić information content (AvgIpc) is 2.30. The number of hydrogen-bond donors (Lipinski definition) is 3. The van der Waals surface area contributed by atoms with Crippen molar-refractivity contribution in [3.8, 4) is 11.5 Å². The van der Waals surface area contributed by atoms with Crippen molar-refractivity contribution in [3.63, 3.8) is 0 Å². The van der Waals surface area contributed by atoms with Gasteiger partial charge in [-0.15, -0.1) is 0 Å². The Balaban J connectivity index is 2.19. The van der Waals surface area contributed by atoms with Crippen LogP contribution in [0.4, 0.5) is 0 Å². The van der Waals surface area contributed by atoms with E-state index in [0.717, 1.165) is 24.0 Å². The van der Waals surface area contributed by atoms with Crippen LogP contribution in [0.25, 0.3) is 10.9 Å². The van der Waals surface area contributed by atoms with E-state index in [1.54, 1.807) is 0 Å². The maximum atomic E-state index is 9.45. The predicted octanol–water partition coefficient (Wildman–Crippen LogP) is 2.19. The zero-order valence-corrected chi connectivity index (χ0v) is 10.6. The molecule has 0 bridgehead atoms. The number of aromatic nitrogens is 1. The third-order valence-corrected chi connectivity index (χ3v) is 2.78. The quantitative estimate of drug-likeness (QED) is 0.723. The number of phenols is 2. The summed E-state index contributed by atoms with van der Waals surface area (Å²) in [6.07, 6.45) is 0.843. The van der Waals surface area contributed by atoms with E-state index in [0.29, 0.717) is 11.6 Å². The minimum absolute atomic E-state index is 0.112. The summed E-state index contributed by atoms with van der Waals surface area (Å²) in [5.74, 6) is -0.244. The Morgan fingerprint density at radius 1 is 1.17 bits per heavy atom. The number of nitrogens with zero attached hydrogens (tertiary/aromatic N) is 1. The molecule has 0 aliphatic rings. The van der Waals surface area contributed by atoms with Gasteiger partial charge in [0.25, 0.3) is 0 Å². The van der Waals surface area contributed by atoms with Crippen molar-refractivity contribution < 1.29 is 10.2 Å². The molecule has 3 N–H and O–H groups in total. The fourth-order valence-corrected chi connectivity index (χ4v) is 1.82. The van der Waals surface area contributed by atoms with E-state index in [1.807, 2.05) is 12.1 Å². The maximum absolute atomic E-state index is 9.45. The van der Waals surface area contributed by atoms with E-state index in [1.165, 1.54) is 12.1 Å². The summed E-state index contributed by atoms with van der Waals surface area (Å²) in [7, 11) is 0. The standard InChI is InChI=1S/C14H18N2O2/c1-9(2)15-6-5-11-4-3-10-7-13(17)14(18)8-12(10)16-11/h3-4,7-9,15,17-18H,5-6H2,1-2H3. The molecule has 18 heavy (non-hydrogen) atoms. The van der Waals surface area contributed by atoms with Crippen LogP contribution < -0.4 is 5.32 Å². The van der Waals surface area contributed by atoms with E-state index < -0.39 is 0 Å². The van der Waals surface area contributed by atoms with Gasteiger partial charge in [0.15, 0.2) is 11.5 Å². The van der Waals surface area contributed by atoms with E-state index >= 15 is 0 Å². The summed E-state index contributed by atoms with van der Waals surface area (Å²) in [5, 5.41) is 23.0. The van der Waals surface area contributed by atoms with Gasteiger partial charge >= 0.3 is 0 Å². The summed E-state index contributed by atoms with van der Waals surface area (Å²) < 4.78 is 0. The number of fused-ring (bicyclic) bond motifs is 1. The molecule has 0 amide bonds. The average molecular weight is 246 g/mol. The lowest BCUT2D eigenvalue weighted by molar-refractivity contribution is 0.405. The molecule has 0 atom stereocenters. The Hall–Kier alpha value is -1.81. The van der Waals surface area contributed by atoms with Gasteiger partial charge in [-0.1, -0.05) is 19.9 Å². The van der Waals surface area contributed by atoms with Crippen molar-refractivity contribution in [2.75, 3.05) is 6.54 Å². The molecule has 0 radical (unpaired) electrons. The molecule has 4 nitrogen and oxygen atoms in total. The van der Waals surface area contributed by atoms with Crippen LogP contribution in [0.15, 0.2) is 24.3 Å². The first-order valence-corrected chi connectivity index (χ1v) is 6.11. The molecule has 0 unspecified atom stereocenters. The maximum Gasteiger partial charge on any atom is 0.159 e. The first-order valence-electron chi connectivity index (χ1n) is 6.11. The van der Waals surface area contributed by atoms with Gasteiger partial charge in [-0.25, -0.2) is 0 Å². The van der Waals surface area contributed by atoms with E-state index in [-0.39, 0.29) is 11.5 Å². The lowest BCUT2D eigenvalue weighted by Gasteiger charge is -2.08. The molecule has 1 aromatic heterocycles. The second kappa shape index (κ2) is 5.23. The highest BCUT2D eigenvalue weighted by Crippen LogP contribution is 2.29. The van der Waals surface area contributed by atoms with Gasteiger partial charge < -0.3 is 15.5 Å². The van der Waals surface area contributed by atoms with Gasteiger partial charge in [0.1, 0.15) is 0 Å². The molecule has 4 heteroatoms. The zero-order valence-electron chi connectivity index (χ0n) is 10.6. The normalized spacial score (nSPS) is 11.3. The van der Waals surface area contributed by atoms with E-state index in [2.05, 4.69) is 24.1 Å². The largest absolute Gasteiger partial charge is 0.504 e. The SMILES string of the molecule is CC(C)NCCc1ccc2cc(O)c(O)cc2n1. The summed E-state index contributed by atoms with van der Waals surface area (Å²) in [4.78, 5) is 4.46. The van der Waals surface area contributed by atoms with Crippen molar-refractivity contribution in [3.05, 3.63) is 30.0 Å². The number of phenolic OH excluding ortho intramolecular Hbond substituents is 2. The van der Waals surface area contributed by atoms with E-state index in [4.69, 9.17) is 0 Å². The number of benzene rings is 1. The van der Waals surface area contributed by atoms with Gasteiger partial charge in [0, 0.05) is 36.2 Å². The van der Waals surface area contributed by atoms with Crippen molar-refractivity contribution >= 4 is 10.9 Å². The Kier molecular flexibility index (Phi) is 3.67. The Morgan fingerprint density at radius 3 is 2.61 bits per heavy atom. The number of aromatic hydroxyl groups is 2. The van der Waals surface area contributed by atoms with Gasteiger partial charge in [-0.3, -0.25) is 4.98 Å². The Labute approximate surface area is 106 Å². The third kappa shape index (κ3) is 2.90.